The molecule has 0 saturated heterocycles. The van der Waals surface area contributed by atoms with Crippen LogP contribution in [0.2, 0.25) is 0 Å². The molecule has 0 spiro atoms. The summed E-state index contributed by atoms with van der Waals surface area (Å²) in [4.78, 5) is 0. The van der Waals surface area contributed by atoms with E-state index in [9.17, 15) is 0 Å². The minimum atomic E-state index is 0.203. The fraction of sp³-hybridized carbons (Fsp3) is 0.818. The van der Waals surface area contributed by atoms with Crippen molar-refractivity contribution in [2.75, 3.05) is 0 Å². The molecule has 1 aliphatic heterocycles. The SMILES string of the molecule is C=CCCCC12CCC(C)(C1)N=N2. The van der Waals surface area contributed by atoms with Crippen LogP contribution in [0.15, 0.2) is 22.9 Å². The third-order valence-electron chi connectivity index (χ3n) is 3.39. The lowest BCUT2D eigenvalue weighted by atomic mass is 9.91. The molecule has 2 rings (SSSR count). The Labute approximate surface area is 80.1 Å². The van der Waals surface area contributed by atoms with Gasteiger partial charge in [-0.3, -0.25) is 0 Å². The number of allylic oxidation sites excluding steroid dienone is 1. The molecule has 2 unspecified atom stereocenters. The van der Waals surface area contributed by atoms with Gasteiger partial charge in [0.25, 0.3) is 0 Å². The summed E-state index contributed by atoms with van der Waals surface area (Å²) in [6.07, 6.45) is 9.23. The zero-order chi connectivity index (χ0) is 9.36. The number of nitrogens with zero attached hydrogens (tertiary/aromatic N) is 2. The average molecular weight is 178 g/mol. The molecule has 0 radical (unpaired) electrons. The van der Waals surface area contributed by atoms with E-state index in [1.54, 1.807) is 0 Å². The molecule has 0 aromatic rings. The fourth-order valence-corrected chi connectivity index (χ4v) is 2.62. The first-order valence-electron chi connectivity index (χ1n) is 5.23. The molecule has 1 heterocycles. The van der Waals surface area contributed by atoms with Crippen LogP contribution in [0.4, 0.5) is 0 Å². The first kappa shape index (κ1) is 8.92. The van der Waals surface area contributed by atoms with Crippen molar-refractivity contribution in [3.05, 3.63) is 12.7 Å². The van der Waals surface area contributed by atoms with Crippen molar-refractivity contribution >= 4 is 0 Å². The van der Waals surface area contributed by atoms with Crippen molar-refractivity contribution in [1.82, 2.24) is 0 Å². The van der Waals surface area contributed by atoms with Crippen LogP contribution in [0.25, 0.3) is 0 Å². The Morgan fingerprint density at radius 3 is 2.69 bits per heavy atom. The van der Waals surface area contributed by atoms with Crippen molar-refractivity contribution in [1.29, 1.82) is 0 Å². The van der Waals surface area contributed by atoms with Gasteiger partial charge in [-0.05, 0) is 39.0 Å². The summed E-state index contributed by atoms with van der Waals surface area (Å²) in [5.41, 5.74) is 0.436. The molecule has 0 aromatic heterocycles. The number of hydrogen-bond acceptors (Lipinski definition) is 2. The van der Waals surface area contributed by atoms with E-state index >= 15 is 0 Å². The molecule has 0 N–H and O–H groups in total. The Bertz CT molecular complexity index is 246. The second kappa shape index (κ2) is 2.93. The van der Waals surface area contributed by atoms with Crippen LogP contribution < -0.4 is 0 Å². The van der Waals surface area contributed by atoms with Crippen molar-refractivity contribution in [2.24, 2.45) is 10.2 Å². The highest BCUT2D eigenvalue weighted by Gasteiger charge is 2.50. The highest BCUT2D eigenvalue weighted by molar-refractivity contribution is 5.09. The molecule has 2 bridgehead atoms. The van der Waals surface area contributed by atoms with Gasteiger partial charge in [-0.2, -0.15) is 10.2 Å². The van der Waals surface area contributed by atoms with Crippen molar-refractivity contribution in [3.63, 3.8) is 0 Å². The summed E-state index contributed by atoms with van der Waals surface area (Å²) in [5.74, 6) is 0. The maximum Gasteiger partial charge on any atom is 0.0840 e. The maximum absolute atomic E-state index is 4.47. The second-order valence-corrected chi connectivity index (χ2v) is 4.78. The quantitative estimate of drug-likeness (QED) is 0.465. The molecule has 0 amide bonds. The van der Waals surface area contributed by atoms with Gasteiger partial charge in [-0.25, -0.2) is 0 Å². The van der Waals surface area contributed by atoms with Crippen LogP contribution in [-0.2, 0) is 0 Å². The monoisotopic (exact) mass is 178 g/mol. The molecule has 1 fully saturated rings. The standard InChI is InChI=1S/C11H18N2/c1-3-4-5-6-11-8-7-10(2,9-11)12-13-11/h3H,1,4-9H2,2H3. The van der Waals surface area contributed by atoms with Crippen LogP contribution in [-0.4, -0.2) is 11.1 Å². The van der Waals surface area contributed by atoms with Gasteiger partial charge in [0, 0.05) is 6.42 Å². The Hall–Kier alpha value is -0.660. The summed E-state index contributed by atoms with van der Waals surface area (Å²) in [6, 6.07) is 0. The molecule has 13 heavy (non-hydrogen) atoms. The summed E-state index contributed by atoms with van der Waals surface area (Å²) in [5, 5.41) is 8.86. The number of rotatable bonds is 4. The number of unbranched alkanes of at least 4 members (excludes halogenated alkanes) is 1. The van der Waals surface area contributed by atoms with Crippen LogP contribution in [0, 0.1) is 0 Å². The van der Waals surface area contributed by atoms with Crippen molar-refractivity contribution < 1.29 is 0 Å². The van der Waals surface area contributed by atoms with Crippen LogP contribution in [0.1, 0.15) is 45.4 Å². The summed E-state index contributed by atoms with van der Waals surface area (Å²) in [7, 11) is 0. The topological polar surface area (TPSA) is 24.7 Å². The predicted molar refractivity (Wildman–Crippen MR) is 53.9 cm³/mol. The lowest BCUT2D eigenvalue weighted by molar-refractivity contribution is 0.398. The molecule has 2 atom stereocenters. The van der Waals surface area contributed by atoms with E-state index in [0.717, 1.165) is 6.42 Å². The Morgan fingerprint density at radius 1 is 1.38 bits per heavy atom. The molecule has 2 nitrogen and oxygen atoms in total. The molecule has 2 heteroatoms. The van der Waals surface area contributed by atoms with Gasteiger partial charge in [0.1, 0.15) is 0 Å². The second-order valence-electron chi connectivity index (χ2n) is 4.78. The third-order valence-corrected chi connectivity index (χ3v) is 3.39. The van der Waals surface area contributed by atoms with Gasteiger partial charge in [-0.1, -0.05) is 6.08 Å². The zero-order valence-corrected chi connectivity index (χ0v) is 8.42. The van der Waals surface area contributed by atoms with E-state index in [1.807, 2.05) is 6.08 Å². The summed E-state index contributed by atoms with van der Waals surface area (Å²) in [6.45, 7) is 5.98. The molecule has 72 valence electrons. The summed E-state index contributed by atoms with van der Waals surface area (Å²) >= 11 is 0. The number of hydrogen-bond donors (Lipinski definition) is 0. The molecule has 1 saturated carbocycles. The van der Waals surface area contributed by atoms with Crippen molar-refractivity contribution in [3.8, 4) is 0 Å². The predicted octanol–water partition coefficient (Wildman–Crippen LogP) is 3.49. The van der Waals surface area contributed by atoms with E-state index in [2.05, 4.69) is 23.7 Å². The molecule has 2 aliphatic rings. The highest BCUT2D eigenvalue weighted by Crippen LogP contribution is 2.50. The van der Waals surface area contributed by atoms with Gasteiger partial charge in [0.15, 0.2) is 0 Å². The van der Waals surface area contributed by atoms with Gasteiger partial charge >= 0.3 is 0 Å². The molecular formula is C11H18N2. The smallest absolute Gasteiger partial charge is 0.0840 e. The van der Waals surface area contributed by atoms with Crippen molar-refractivity contribution in [2.45, 2.75) is 56.5 Å². The average Bonchev–Trinajstić information content (AvgIpc) is 2.59. The normalized spacial score (nSPS) is 41.3. The zero-order valence-electron chi connectivity index (χ0n) is 8.42. The van der Waals surface area contributed by atoms with E-state index in [0.29, 0.717) is 0 Å². The van der Waals surface area contributed by atoms with Crippen LogP contribution in [0.5, 0.6) is 0 Å². The Morgan fingerprint density at radius 2 is 2.23 bits per heavy atom. The molecular weight excluding hydrogens is 160 g/mol. The Balaban J connectivity index is 1.93. The van der Waals surface area contributed by atoms with E-state index in [1.165, 1.54) is 32.1 Å². The molecule has 1 aliphatic carbocycles. The van der Waals surface area contributed by atoms with Crippen LogP contribution >= 0.6 is 0 Å². The maximum atomic E-state index is 4.47. The fourth-order valence-electron chi connectivity index (χ4n) is 2.62. The van der Waals surface area contributed by atoms with Gasteiger partial charge in [0.2, 0.25) is 0 Å². The lowest BCUT2D eigenvalue weighted by Crippen LogP contribution is -2.20. The molecule has 0 aromatic carbocycles. The largest absolute Gasteiger partial charge is 0.187 e. The lowest BCUT2D eigenvalue weighted by Gasteiger charge is -2.19. The van der Waals surface area contributed by atoms with E-state index < -0.39 is 0 Å². The van der Waals surface area contributed by atoms with Crippen LogP contribution in [0.3, 0.4) is 0 Å². The van der Waals surface area contributed by atoms with E-state index in [4.69, 9.17) is 0 Å². The first-order valence-corrected chi connectivity index (χ1v) is 5.23. The summed E-state index contributed by atoms with van der Waals surface area (Å²) < 4.78 is 0. The number of fused-ring (bicyclic) bond motifs is 2. The number of azo groups is 1. The van der Waals surface area contributed by atoms with Gasteiger partial charge in [-0.15, -0.1) is 6.58 Å². The van der Waals surface area contributed by atoms with Gasteiger partial charge < -0.3 is 0 Å². The third kappa shape index (κ3) is 1.54. The van der Waals surface area contributed by atoms with E-state index in [-0.39, 0.29) is 11.1 Å². The Kier molecular flexibility index (Phi) is 2.01. The van der Waals surface area contributed by atoms with Gasteiger partial charge in [0.05, 0.1) is 11.1 Å². The first-order chi connectivity index (χ1) is 6.18. The minimum absolute atomic E-state index is 0.203. The highest BCUT2D eigenvalue weighted by atomic mass is 15.3. The minimum Gasteiger partial charge on any atom is -0.187 e.